The summed E-state index contributed by atoms with van der Waals surface area (Å²) in [6.07, 6.45) is 6.97. The molecule has 0 saturated carbocycles. The van der Waals surface area contributed by atoms with Crippen LogP contribution in [0.1, 0.15) is 59.8 Å². The molecule has 0 bridgehead atoms. The highest BCUT2D eigenvalue weighted by atomic mass is 35.5. The van der Waals surface area contributed by atoms with Crippen LogP contribution >= 0.6 is 46.7 Å². The molecular formula is C33H47Cl2N3O6S4. The van der Waals surface area contributed by atoms with Crippen LogP contribution in [0.25, 0.3) is 0 Å². The summed E-state index contributed by atoms with van der Waals surface area (Å²) in [4.78, 5) is 8.88. The number of allylic oxidation sites excluding steroid dienone is 2. The summed E-state index contributed by atoms with van der Waals surface area (Å²) in [5.41, 5.74) is 3.07. The minimum absolute atomic E-state index is 0.0348. The Hall–Kier alpha value is -1.42. The van der Waals surface area contributed by atoms with E-state index in [2.05, 4.69) is 54.5 Å². The second-order valence-electron chi connectivity index (χ2n) is 11.4. The molecule has 48 heavy (non-hydrogen) atoms. The standard InChI is InChI=1S/C27H32Cl2N2O6S4.C6H15N/c1-2-19(15-26-30(11-3-5-13-40(32,33)34)22-17-20(28)7-9-24(22)38-26)16-27-31(12-4-6-14-41(35,36)37)23-18-21(29)8-10-25(23)39-27;1-4-7(5-2)6-3/h7-10,15-18,26H,2-6,11-14H2,1H3,(H,32,33,34)(H,35,36,37);4-6H2,1-3H3. The van der Waals surface area contributed by atoms with E-state index in [1.165, 1.54) is 19.6 Å². The van der Waals surface area contributed by atoms with Crippen molar-refractivity contribution in [2.75, 3.05) is 54.0 Å². The van der Waals surface area contributed by atoms with Gasteiger partial charge in [-0.15, -0.1) is 0 Å². The number of anilines is 2. The van der Waals surface area contributed by atoms with Gasteiger partial charge in [-0.05, 0) is 106 Å². The van der Waals surface area contributed by atoms with Crippen molar-refractivity contribution in [3.05, 3.63) is 69.2 Å². The Kier molecular flexibility index (Phi) is 16.5. The first kappa shape index (κ1) is 41.0. The lowest BCUT2D eigenvalue weighted by Gasteiger charge is -2.25. The van der Waals surface area contributed by atoms with Crippen molar-refractivity contribution in [1.82, 2.24) is 4.90 Å². The van der Waals surface area contributed by atoms with Crippen molar-refractivity contribution in [1.29, 1.82) is 0 Å². The van der Waals surface area contributed by atoms with E-state index in [0.29, 0.717) is 48.8 Å². The Labute approximate surface area is 305 Å². The summed E-state index contributed by atoms with van der Waals surface area (Å²) >= 11 is 16.0. The zero-order chi connectivity index (χ0) is 35.5. The van der Waals surface area contributed by atoms with Crippen molar-refractivity contribution in [3.63, 3.8) is 0 Å². The van der Waals surface area contributed by atoms with Crippen molar-refractivity contribution in [2.24, 2.45) is 0 Å². The van der Waals surface area contributed by atoms with Crippen LogP contribution in [-0.4, -0.2) is 80.4 Å². The highest BCUT2D eigenvalue weighted by molar-refractivity contribution is 8.03. The Morgan fingerprint density at radius 2 is 1.35 bits per heavy atom. The van der Waals surface area contributed by atoms with Crippen LogP contribution < -0.4 is 9.80 Å². The van der Waals surface area contributed by atoms with Gasteiger partial charge in [0.2, 0.25) is 0 Å². The fraction of sp³-hybridized carbons (Fsp3) is 0.515. The summed E-state index contributed by atoms with van der Waals surface area (Å²) in [6, 6.07) is 11.5. The van der Waals surface area contributed by atoms with Crippen LogP contribution in [0, 0.1) is 0 Å². The number of halogens is 2. The molecule has 9 nitrogen and oxygen atoms in total. The van der Waals surface area contributed by atoms with Crippen LogP contribution in [0.2, 0.25) is 10.0 Å². The van der Waals surface area contributed by atoms with Gasteiger partial charge in [0.15, 0.2) is 0 Å². The number of rotatable bonds is 16. The number of nitrogens with zero attached hydrogens (tertiary/aromatic N) is 3. The maximum Gasteiger partial charge on any atom is 0.264 e. The molecule has 0 amide bonds. The van der Waals surface area contributed by atoms with Crippen LogP contribution in [0.4, 0.5) is 11.4 Å². The van der Waals surface area contributed by atoms with Gasteiger partial charge in [-0.2, -0.15) is 16.8 Å². The molecule has 1 atom stereocenters. The first-order valence-electron chi connectivity index (χ1n) is 16.2. The Balaban J connectivity index is 0.000000804. The van der Waals surface area contributed by atoms with Gasteiger partial charge in [0, 0.05) is 32.9 Å². The van der Waals surface area contributed by atoms with Gasteiger partial charge >= 0.3 is 0 Å². The number of thioether (sulfide) groups is 2. The fourth-order valence-corrected chi connectivity index (χ4v) is 9.24. The zero-order valence-corrected chi connectivity index (χ0v) is 32.7. The van der Waals surface area contributed by atoms with E-state index in [1.54, 1.807) is 23.5 Å². The van der Waals surface area contributed by atoms with E-state index in [0.717, 1.165) is 38.2 Å². The van der Waals surface area contributed by atoms with Gasteiger partial charge in [0.25, 0.3) is 20.2 Å². The third kappa shape index (κ3) is 13.0. The summed E-state index contributed by atoms with van der Waals surface area (Å²) in [6.45, 7) is 13.4. The highest BCUT2D eigenvalue weighted by Crippen LogP contribution is 2.49. The number of benzene rings is 2. The molecule has 2 aliphatic rings. The quantitative estimate of drug-likeness (QED) is 0.126. The molecule has 15 heteroatoms. The van der Waals surface area contributed by atoms with Crippen LogP contribution in [0.15, 0.2) is 68.9 Å². The average Bonchev–Trinajstić information content (AvgIpc) is 3.53. The number of unbranched alkanes of at least 4 members (excludes halogenated alkanes) is 2. The van der Waals surface area contributed by atoms with Crippen LogP contribution in [0.5, 0.6) is 0 Å². The van der Waals surface area contributed by atoms with Crippen LogP contribution in [0.3, 0.4) is 0 Å². The Morgan fingerprint density at radius 1 is 0.812 bits per heavy atom. The lowest BCUT2D eigenvalue weighted by molar-refractivity contribution is 0.321. The van der Waals surface area contributed by atoms with E-state index in [-0.39, 0.29) is 16.9 Å². The largest absolute Gasteiger partial charge is 0.355 e. The molecule has 2 aromatic carbocycles. The topological polar surface area (TPSA) is 118 Å². The van der Waals surface area contributed by atoms with Gasteiger partial charge in [-0.3, -0.25) is 9.11 Å². The molecule has 4 rings (SSSR count). The number of hydrogen-bond acceptors (Lipinski definition) is 9. The number of fused-ring (bicyclic) bond motifs is 2. The monoisotopic (exact) mass is 779 g/mol. The van der Waals surface area contributed by atoms with E-state index < -0.39 is 20.2 Å². The van der Waals surface area contributed by atoms with E-state index >= 15 is 0 Å². The summed E-state index contributed by atoms with van der Waals surface area (Å²) in [5, 5.41) is 2.21. The SMILES string of the molecule is CCC(=CC1Sc2ccc(Cl)cc2N1CCCCS(=O)(=O)O)C=C1Sc2ccc(Cl)cc2N1CCCCS(=O)(=O)O.CCN(CC)CC. The zero-order valence-electron chi connectivity index (χ0n) is 27.9. The second-order valence-corrected chi connectivity index (χ2v) is 17.6. The van der Waals surface area contributed by atoms with Crippen molar-refractivity contribution < 1.29 is 25.9 Å². The predicted octanol–water partition coefficient (Wildman–Crippen LogP) is 8.71. The van der Waals surface area contributed by atoms with Gasteiger partial charge in [0.05, 0.1) is 33.3 Å². The summed E-state index contributed by atoms with van der Waals surface area (Å²) in [5.74, 6) is -0.551. The molecule has 2 heterocycles. The second kappa shape index (κ2) is 19.3. The number of hydrogen-bond donors (Lipinski definition) is 2. The maximum absolute atomic E-state index is 11.2. The minimum atomic E-state index is -4.01. The molecule has 1 unspecified atom stereocenters. The van der Waals surface area contributed by atoms with E-state index in [1.807, 2.05) is 36.4 Å². The molecule has 2 aliphatic heterocycles. The van der Waals surface area contributed by atoms with Crippen molar-refractivity contribution in [2.45, 2.75) is 75.0 Å². The van der Waals surface area contributed by atoms with Gasteiger partial charge in [-0.25, -0.2) is 0 Å². The molecule has 268 valence electrons. The molecular weight excluding hydrogens is 734 g/mol. The van der Waals surface area contributed by atoms with Crippen molar-refractivity contribution in [3.8, 4) is 0 Å². The summed E-state index contributed by atoms with van der Waals surface area (Å²) < 4.78 is 63.0. The minimum Gasteiger partial charge on any atom is -0.355 e. The van der Waals surface area contributed by atoms with Gasteiger partial charge in [0.1, 0.15) is 0 Å². The first-order chi connectivity index (χ1) is 22.7. The van der Waals surface area contributed by atoms with E-state index in [9.17, 15) is 16.8 Å². The molecule has 0 aliphatic carbocycles. The molecule has 0 fully saturated rings. The third-order valence-corrected chi connectivity index (χ3v) is 12.4. The van der Waals surface area contributed by atoms with Crippen LogP contribution in [-0.2, 0) is 20.2 Å². The molecule has 0 aromatic heterocycles. The van der Waals surface area contributed by atoms with Gasteiger partial charge < -0.3 is 14.7 Å². The van der Waals surface area contributed by atoms with Crippen molar-refractivity contribution >= 4 is 78.3 Å². The highest BCUT2D eigenvalue weighted by Gasteiger charge is 2.30. The third-order valence-electron chi connectivity index (χ3n) is 7.98. The van der Waals surface area contributed by atoms with Gasteiger partial charge in [-0.1, -0.05) is 74.4 Å². The lowest BCUT2D eigenvalue weighted by atomic mass is 10.1. The first-order valence-corrected chi connectivity index (χ1v) is 21.9. The molecule has 2 aromatic rings. The molecule has 0 saturated heterocycles. The Bertz CT molecular complexity index is 1640. The normalized spacial score (nSPS) is 17.1. The molecule has 0 radical (unpaired) electrons. The lowest BCUT2D eigenvalue weighted by Crippen LogP contribution is -2.29. The smallest absolute Gasteiger partial charge is 0.264 e. The predicted molar refractivity (Wildman–Crippen MR) is 204 cm³/mol. The molecule has 2 N–H and O–H groups in total. The Morgan fingerprint density at radius 3 is 1.88 bits per heavy atom. The maximum atomic E-state index is 11.2. The van der Waals surface area contributed by atoms with E-state index in [4.69, 9.17) is 32.3 Å². The average molecular weight is 781 g/mol. The summed E-state index contributed by atoms with van der Waals surface area (Å²) in [7, 11) is -8.02. The fourth-order valence-electron chi connectivity index (χ4n) is 5.33. The molecule has 0 spiro atoms.